The predicted octanol–water partition coefficient (Wildman–Crippen LogP) is 3.32. The van der Waals surface area contributed by atoms with E-state index in [1.54, 1.807) is 42.5 Å². The summed E-state index contributed by atoms with van der Waals surface area (Å²) in [6.07, 6.45) is 1.38. The van der Waals surface area contributed by atoms with Crippen molar-refractivity contribution in [3.05, 3.63) is 69.2 Å². The molecular weight excluding hydrogens is 379 g/mol. The zero-order chi connectivity index (χ0) is 18.7. The quantitative estimate of drug-likeness (QED) is 0.619. The molecule has 2 N–H and O–H groups in total. The highest BCUT2D eigenvalue weighted by Crippen LogP contribution is 2.26. The van der Waals surface area contributed by atoms with E-state index in [1.165, 1.54) is 6.08 Å². The predicted molar refractivity (Wildman–Crippen MR) is 96.9 cm³/mol. The molecule has 2 aromatic carbocycles. The van der Waals surface area contributed by atoms with Gasteiger partial charge in [-0.15, -0.1) is 0 Å². The van der Waals surface area contributed by atoms with Crippen LogP contribution in [0.4, 0.5) is 4.79 Å². The van der Waals surface area contributed by atoms with E-state index in [0.29, 0.717) is 26.9 Å². The molecule has 2 aromatic rings. The smallest absolute Gasteiger partial charge is 0.328 e. The summed E-state index contributed by atoms with van der Waals surface area (Å²) in [4.78, 5) is 34.4. The summed E-state index contributed by atoms with van der Waals surface area (Å²) in [6.45, 7) is 0.200. The van der Waals surface area contributed by atoms with Gasteiger partial charge in [0.15, 0.2) is 0 Å². The molecule has 0 saturated carbocycles. The minimum absolute atomic E-state index is 0.152. The number of halogens is 2. The van der Waals surface area contributed by atoms with Gasteiger partial charge in [0.2, 0.25) is 0 Å². The molecule has 0 unspecified atom stereocenters. The molecule has 8 heteroatoms. The van der Waals surface area contributed by atoms with Crippen LogP contribution in [0.3, 0.4) is 0 Å². The molecule has 1 aliphatic heterocycles. The monoisotopic (exact) mass is 390 g/mol. The largest absolute Gasteiger partial charge is 0.489 e. The maximum Gasteiger partial charge on any atom is 0.328 e. The van der Waals surface area contributed by atoms with Crippen LogP contribution in [0.15, 0.2) is 48.0 Å². The Morgan fingerprint density at radius 1 is 0.885 bits per heavy atom. The van der Waals surface area contributed by atoms with Gasteiger partial charge in [-0.3, -0.25) is 20.2 Å². The van der Waals surface area contributed by atoms with Crippen molar-refractivity contribution >= 4 is 47.1 Å². The summed E-state index contributed by atoms with van der Waals surface area (Å²) in [5.74, 6) is -0.921. The fraction of sp³-hybridized carbons (Fsp3) is 0.0556. The summed E-state index contributed by atoms with van der Waals surface area (Å²) >= 11 is 12.2. The first-order valence-electron chi connectivity index (χ1n) is 7.48. The average Bonchev–Trinajstić information content (AvgIpc) is 2.59. The fourth-order valence-corrected chi connectivity index (χ4v) is 2.77. The molecule has 0 radical (unpaired) electrons. The maximum atomic E-state index is 11.7. The second kappa shape index (κ2) is 7.59. The maximum absolute atomic E-state index is 11.7. The minimum Gasteiger partial charge on any atom is -0.489 e. The molecule has 6 nitrogen and oxygen atoms in total. The topological polar surface area (TPSA) is 84.5 Å². The van der Waals surface area contributed by atoms with E-state index >= 15 is 0 Å². The van der Waals surface area contributed by atoms with Gasteiger partial charge in [-0.1, -0.05) is 41.4 Å². The summed E-state index contributed by atoms with van der Waals surface area (Å²) in [5.41, 5.74) is 1.13. The molecule has 0 bridgehead atoms. The molecule has 132 valence electrons. The Kier molecular flexibility index (Phi) is 5.25. The SMILES string of the molecule is O=C1NC(=O)C(=Cc2ccc(OCc3c(Cl)cccc3Cl)cc2)C(=O)N1. The van der Waals surface area contributed by atoms with Crippen molar-refractivity contribution in [2.45, 2.75) is 6.61 Å². The van der Waals surface area contributed by atoms with Crippen molar-refractivity contribution in [3.63, 3.8) is 0 Å². The van der Waals surface area contributed by atoms with Crippen LogP contribution in [0.5, 0.6) is 5.75 Å². The summed E-state index contributed by atoms with van der Waals surface area (Å²) in [7, 11) is 0. The number of urea groups is 1. The molecule has 1 aliphatic rings. The normalized spacial score (nSPS) is 13.9. The lowest BCUT2D eigenvalue weighted by molar-refractivity contribution is -0.123. The number of carbonyl (C=O) groups is 3. The number of ether oxygens (including phenoxy) is 1. The van der Waals surface area contributed by atoms with E-state index < -0.39 is 17.8 Å². The number of barbiturate groups is 1. The van der Waals surface area contributed by atoms with E-state index in [4.69, 9.17) is 27.9 Å². The van der Waals surface area contributed by atoms with Gasteiger partial charge in [-0.05, 0) is 35.9 Å². The third-order valence-electron chi connectivity index (χ3n) is 3.58. The lowest BCUT2D eigenvalue weighted by atomic mass is 10.1. The zero-order valence-corrected chi connectivity index (χ0v) is 14.7. The highest BCUT2D eigenvalue weighted by atomic mass is 35.5. The molecule has 0 atom stereocenters. The van der Waals surface area contributed by atoms with Crippen molar-refractivity contribution in [2.24, 2.45) is 0 Å². The van der Waals surface area contributed by atoms with Crippen LogP contribution in [0, 0.1) is 0 Å². The van der Waals surface area contributed by atoms with Gasteiger partial charge < -0.3 is 4.74 Å². The Bertz CT molecular complexity index is 881. The Morgan fingerprint density at radius 2 is 1.46 bits per heavy atom. The Labute approximate surface area is 158 Å². The number of nitrogens with one attached hydrogen (secondary N) is 2. The van der Waals surface area contributed by atoms with Crippen molar-refractivity contribution in [3.8, 4) is 5.75 Å². The first-order chi connectivity index (χ1) is 12.4. The number of hydrogen-bond donors (Lipinski definition) is 2. The molecule has 0 spiro atoms. The minimum atomic E-state index is -0.834. The van der Waals surface area contributed by atoms with Crippen LogP contribution in [0.1, 0.15) is 11.1 Å². The van der Waals surface area contributed by atoms with Crippen LogP contribution < -0.4 is 15.4 Å². The summed E-state index contributed by atoms with van der Waals surface area (Å²) < 4.78 is 5.66. The van der Waals surface area contributed by atoms with Crippen LogP contribution in [-0.4, -0.2) is 17.8 Å². The highest BCUT2D eigenvalue weighted by molar-refractivity contribution is 6.36. The summed E-state index contributed by atoms with van der Waals surface area (Å²) in [6, 6.07) is 11.1. The number of carbonyl (C=O) groups excluding carboxylic acids is 3. The van der Waals surface area contributed by atoms with Crippen molar-refractivity contribution in [1.29, 1.82) is 0 Å². The Morgan fingerprint density at radius 3 is 2.04 bits per heavy atom. The molecular formula is C18H12Cl2N2O4. The van der Waals surface area contributed by atoms with Crippen LogP contribution in [0.25, 0.3) is 6.08 Å². The second-order valence-corrected chi connectivity index (χ2v) is 6.17. The lowest BCUT2D eigenvalue weighted by Crippen LogP contribution is -2.51. The molecule has 4 amide bonds. The van der Waals surface area contributed by atoms with Gasteiger partial charge in [-0.25, -0.2) is 4.79 Å². The van der Waals surface area contributed by atoms with Crippen LogP contribution in [-0.2, 0) is 16.2 Å². The number of benzene rings is 2. The van der Waals surface area contributed by atoms with Crippen LogP contribution >= 0.6 is 23.2 Å². The number of hydrogen-bond acceptors (Lipinski definition) is 4. The average molecular weight is 391 g/mol. The van der Waals surface area contributed by atoms with Gasteiger partial charge in [0.1, 0.15) is 17.9 Å². The Balaban J connectivity index is 1.71. The molecule has 0 aliphatic carbocycles. The van der Waals surface area contributed by atoms with E-state index in [-0.39, 0.29) is 12.2 Å². The Hall–Kier alpha value is -2.83. The fourth-order valence-electron chi connectivity index (χ4n) is 2.26. The van der Waals surface area contributed by atoms with Gasteiger partial charge >= 0.3 is 6.03 Å². The highest BCUT2D eigenvalue weighted by Gasteiger charge is 2.27. The third kappa shape index (κ3) is 4.04. The molecule has 26 heavy (non-hydrogen) atoms. The zero-order valence-electron chi connectivity index (χ0n) is 13.2. The molecule has 0 aromatic heterocycles. The molecule has 1 fully saturated rings. The molecule has 1 heterocycles. The number of imide groups is 2. The van der Waals surface area contributed by atoms with Gasteiger partial charge in [-0.2, -0.15) is 0 Å². The summed E-state index contributed by atoms with van der Waals surface area (Å²) in [5, 5.41) is 5.06. The van der Waals surface area contributed by atoms with Crippen molar-refractivity contribution in [2.75, 3.05) is 0 Å². The number of rotatable bonds is 4. The standard InChI is InChI=1S/C18H12Cl2N2O4/c19-14-2-1-3-15(20)13(14)9-26-11-6-4-10(5-7-11)8-12-16(23)21-18(25)22-17(12)24/h1-8H,9H2,(H2,21,22,23,24,25). The van der Waals surface area contributed by atoms with E-state index in [0.717, 1.165) is 0 Å². The molecule has 3 rings (SSSR count). The number of amides is 4. The van der Waals surface area contributed by atoms with Crippen molar-refractivity contribution in [1.82, 2.24) is 10.6 Å². The lowest BCUT2D eigenvalue weighted by Gasteiger charge is -2.14. The van der Waals surface area contributed by atoms with Gasteiger partial charge in [0.25, 0.3) is 11.8 Å². The second-order valence-electron chi connectivity index (χ2n) is 5.35. The van der Waals surface area contributed by atoms with Crippen LogP contribution in [0.2, 0.25) is 10.0 Å². The van der Waals surface area contributed by atoms with Gasteiger partial charge in [0.05, 0.1) is 0 Å². The third-order valence-corrected chi connectivity index (χ3v) is 4.29. The first-order valence-corrected chi connectivity index (χ1v) is 8.24. The van der Waals surface area contributed by atoms with Crippen molar-refractivity contribution < 1.29 is 19.1 Å². The van der Waals surface area contributed by atoms with Gasteiger partial charge in [0, 0.05) is 15.6 Å². The van der Waals surface area contributed by atoms with E-state index in [9.17, 15) is 14.4 Å². The molecule has 1 saturated heterocycles. The van der Waals surface area contributed by atoms with E-state index in [1.807, 2.05) is 10.6 Å². The van der Waals surface area contributed by atoms with E-state index in [2.05, 4.69) is 0 Å². The first kappa shape index (κ1) is 18.0.